The maximum atomic E-state index is 12.5. The van der Waals surface area contributed by atoms with E-state index in [0.717, 1.165) is 37.3 Å². The molecule has 1 aromatic carbocycles. The fourth-order valence-electron chi connectivity index (χ4n) is 5.01. The first-order chi connectivity index (χ1) is 17.4. The van der Waals surface area contributed by atoms with Crippen molar-refractivity contribution in [2.45, 2.75) is 31.7 Å². The minimum absolute atomic E-state index is 0.0396. The third-order valence-electron chi connectivity index (χ3n) is 7.09. The van der Waals surface area contributed by atoms with Crippen molar-refractivity contribution in [3.05, 3.63) is 30.0 Å². The molecule has 2 aromatic rings. The molecular weight excluding hydrogens is 462 g/mol. The maximum absolute atomic E-state index is 12.5. The third-order valence-corrected chi connectivity index (χ3v) is 7.09. The van der Waals surface area contributed by atoms with Gasteiger partial charge in [0.25, 0.3) is 5.91 Å². The summed E-state index contributed by atoms with van der Waals surface area (Å²) < 4.78 is 0. The number of carbonyl (C=O) groups excluding carboxylic acids is 3. The average Bonchev–Trinajstić information content (AvgIpc) is 3.23. The van der Waals surface area contributed by atoms with Gasteiger partial charge in [-0.1, -0.05) is 0 Å². The van der Waals surface area contributed by atoms with E-state index in [1.54, 1.807) is 4.90 Å². The van der Waals surface area contributed by atoms with Crippen molar-refractivity contribution in [3.8, 4) is 0 Å². The van der Waals surface area contributed by atoms with Gasteiger partial charge in [-0.3, -0.25) is 9.59 Å². The highest BCUT2D eigenvalue weighted by Gasteiger charge is 2.35. The zero-order valence-electron chi connectivity index (χ0n) is 20.4. The summed E-state index contributed by atoms with van der Waals surface area (Å²) >= 11 is 0. The highest BCUT2D eigenvalue weighted by atomic mass is 16.2. The number of piperidine rings is 2. The van der Waals surface area contributed by atoms with Gasteiger partial charge < -0.3 is 30.7 Å². The number of Topliss-reactive ketones (excluding diaryl/α,β-unsaturated/α-hetero) is 1. The van der Waals surface area contributed by atoms with Crippen LogP contribution in [0.1, 0.15) is 36.2 Å². The number of carbonyl (C=O) groups is 3. The number of amides is 3. The van der Waals surface area contributed by atoms with Gasteiger partial charge in [0, 0.05) is 70.5 Å². The van der Waals surface area contributed by atoms with Gasteiger partial charge in [-0.05, 0) is 37.1 Å². The second-order valence-electron chi connectivity index (χ2n) is 9.51. The number of primary amides is 1. The molecule has 12 nitrogen and oxygen atoms in total. The first kappa shape index (κ1) is 23.8. The average molecular weight is 494 g/mol. The number of aromatic nitrogens is 3. The lowest BCUT2D eigenvalue weighted by Gasteiger charge is -2.37. The van der Waals surface area contributed by atoms with E-state index in [4.69, 9.17) is 5.73 Å². The molecule has 4 heterocycles. The SMILES string of the molecule is CN1CCN(C2CCCN(c3nnc(C(N)=O)c(Nc4ccc(N5CCC(=O)CC5)cc4)n3)C2)C1=O. The van der Waals surface area contributed by atoms with Gasteiger partial charge >= 0.3 is 6.03 Å². The number of rotatable bonds is 6. The number of nitrogens with zero attached hydrogens (tertiary/aromatic N) is 7. The van der Waals surface area contributed by atoms with Gasteiger partial charge in [-0.25, -0.2) is 4.79 Å². The molecule has 36 heavy (non-hydrogen) atoms. The summed E-state index contributed by atoms with van der Waals surface area (Å²) in [6.45, 7) is 4.20. The highest BCUT2D eigenvalue weighted by Crippen LogP contribution is 2.26. The molecule has 3 aliphatic rings. The molecular formula is C24H31N9O3. The van der Waals surface area contributed by atoms with Gasteiger partial charge in [0.2, 0.25) is 5.95 Å². The Hall–Kier alpha value is -3.96. The number of hydrogen-bond donors (Lipinski definition) is 2. The predicted octanol–water partition coefficient (Wildman–Crippen LogP) is 1.22. The number of ketones is 1. The Morgan fingerprint density at radius 1 is 1.00 bits per heavy atom. The van der Waals surface area contributed by atoms with Gasteiger partial charge in [0.15, 0.2) is 11.5 Å². The maximum Gasteiger partial charge on any atom is 0.320 e. The Balaban J connectivity index is 1.32. The summed E-state index contributed by atoms with van der Waals surface area (Å²) in [4.78, 5) is 48.5. The lowest BCUT2D eigenvalue weighted by atomic mass is 10.0. The summed E-state index contributed by atoms with van der Waals surface area (Å²) in [5.74, 6) is 0.209. The highest BCUT2D eigenvalue weighted by molar-refractivity contribution is 5.96. The van der Waals surface area contributed by atoms with Crippen LogP contribution in [0.5, 0.6) is 0 Å². The Bertz CT molecular complexity index is 1150. The fraction of sp³-hybridized carbons (Fsp3) is 0.500. The number of likely N-dealkylation sites (N-methyl/N-ethyl adjacent to an activating group) is 1. The molecule has 3 N–H and O–H groups in total. The van der Waals surface area contributed by atoms with Crippen LogP contribution in [-0.2, 0) is 4.79 Å². The molecule has 5 rings (SSSR count). The first-order valence-corrected chi connectivity index (χ1v) is 12.3. The van der Waals surface area contributed by atoms with E-state index in [9.17, 15) is 14.4 Å². The third kappa shape index (κ3) is 4.88. The molecule has 1 aromatic heterocycles. The lowest BCUT2D eigenvalue weighted by Crippen LogP contribution is -2.49. The van der Waals surface area contributed by atoms with Crippen LogP contribution in [0.15, 0.2) is 24.3 Å². The van der Waals surface area contributed by atoms with E-state index in [0.29, 0.717) is 50.8 Å². The lowest BCUT2D eigenvalue weighted by molar-refractivity contribution is -0.119. The number of urea groups is 1. The summed E-state index contributed by atoms with van der Waals surface area (Å²) in [5.41, 5.74) is 7.26. The van der Waals surface area contributed by atoms with E-state index in [1.807, 2.05) is 41.1 Å². The standard InChI is InChI=1S/C24H31N9O3/c1-30-13-14-33(24(30)36)18-3-2-10-32(15-18)23-27-22(20(21(25)35)28-29-23)26-16-4-6-17(7-5-16)31-11-8-19(34)9-12-31/h4-7,18H,2-3,8-15H2,1H3,(H2,25,35)(H,26,27,29). The second kappa shape index (κ2) is 9.96. The molecule has 190 valence electrons. The molecule has 3 saturated heterocycles. The smallest absolute Gasteiger partial charge is 0.320 e. The van der Waals surface area contributed by atoms with E-state index < -0.39 is 5.91 Å². The largest absolute Gasteiger partial charge is 0.371 e. The Labute approximate surface area is 209 Å². The topological polar surface area (TPSA) is 141 Å². The van der Waals surface area contributed by atoms with Crippen molar-refractivity contribution in [1.82, 2.24) is 25.0 Å². The van der Waals surface area contributed by atoms with Gasteiger partial charge in [0.1, 0.15) is 5.78 Å². The Morgan fingerprint density at radius 2 is 1.75 bits per heavy atom. The van der Waals surface area contributed by atoms with Crippen LogP contribution in [0.2, 0.25) is 0 Å². The van der Waals surface area contributed by atoms with E-state index >= 15 is 0 Å². The van der Waals surface area contributed by atoms with Crippen LogP contribution in [-0.4, -0.2) is 95.1 Å². The number of anilines is 4. The molecule has 3 fully saturated rings. The minimum Gasteiger partial charge on any atom is -0.371 e. The van der Waals surface area contributed by atoms with Crippen molar-refractivity contribution < 1.29 is 14.4 Å². The summed E-state index contributed by atoms with van der Waals surface area (Å²) in [5, 5.41) is 11.4. The normalized spacial score (nSPS) is 20.8. The molecule has 0 radical (unpaired) electrons. The quantitative estimate of drug-likeness (QED) is 0.607. The molecule has 3 amide bonds. The Kier molecular flexibility index (Phi) is 6.57. The van der Waals surface area contributed by atoms with Crippen LogP contribution in [0.25, 0.3) is 0 Å². The molecule has 0 saturated carbocycles. The summed E-state index contributed by atoms with van der Waals surface area (Å²) in [6.07, 6.45) is 2.95. The van der Waals surface area contributed by atoms with Gasteiger partial charge in [-0.2, -0.15) is 4.98 Å². The zero-order chi connectivity index (χ0) is 25.2. The number of hydrogen-bond acceptors (Lipinski definition) is 9. The van der Waals surface area contributed by atoms with Crippen molar-refractivity contribution in [2.75, 3.05) is 61.4 Å². The van der Waals surface area contributed by atoms with Crippen molar-refractivity contribution in [2.24, 2.45) is 5.73 Å². The second-order valence-corrected chi connectivity index (χ2v) is 9.51. The minimum atomic E-state index is -0.721. The molecule has 0 aliphatic carbocycles. The zero-order valence-corrected chi connectivity index (χ0v) is 20.4. The monoisotopic (exact) mass is 493 g/mol. The first-order valence-electron chi connectivity index (χ1n) is 12.3. The van der Waals surface area contributed by atoms with Gasteiger partial charge in [0.05, 0.1) is 6.04 Å². The van der Waals surface area contributed by atoms with Crippen LogP contribution < -0.4 is 20.9 Å². The van der Waals surface area contributed by atoms with Crippen molar-refractivity contribution in [1.29, 1.82) is 0 Å². The number of nitrogens with one attached hydrogen (secondary N) is 1. The van der Waals surface area contributed by atoms with Gasteiger partial charge in [-0.15, -0.1) is 10.2 Å². The fourth-order valence-corrected chi connectivity index (χ4v) is 5.01. The van der Waals surface area contributed by atoms with Crippen molar-refractivity contribution in [3.63, 3.8) is 0 Å². The van der Waals surface area contributed by atoms with Crippen LogP contribution in [0, 0.1) is 0 Å². The van der Waals surface area contributed by atoms with E-state index in [2.05, 4.69) is 25.4 Å². The molecule has 1 unspecified atom stereocenters. The van der Waals surface area contributed by atoms with Crippen LogP contribution in [0.3, 0.4) is 0 Å². The van der Waals surface area contributed by atoms with Crippen LogP contribution in [0.4, 0.5) is 27.9 Å². The van der Waals surface area contributed by atoms with E-state index in [-0.39, 0.29) is 23.6 Å². The molecule has 1 atom stereocenters. The predicted molar refractivity (Wildman–Crippen MR) is 134 cm³/mol. The number of benzene rings is 1. The Morgan fingerprint density at radius 3 is 2.42 bits per heavy atom. The summed E-state index contributed by atoms with van der Waals surface area (Å²) in [6, 6.07) is 7.85. The molecule has 0 spiro atoms. The molecule has 12 heteroatoms. The summed E-state index contributed by atoms with van der Waals surface area (Å²) in [7, 11) is 1.82. The van der Waals surface area contributed by atoms with Crippen molar-refractivity contribution >= 4 is 40.9 Å². The molecule has 3 aliphatic heterocycles. The van der Waals surface area contributed by atoms with Crippen LogP contribution >= 0.6 is 0 Å². The number of nitrogens with two attached hydrogens (primary N) is 1. The molecule has 0 bridgehead atoms. The van der Waals surface area contributed by atoms with E-state index in [1.165, 1.54) is 0 Å².